The topological polar surface area (TPSA) is 55.1 Å². The number of anilines is 1. The molecule has 0 fully saturated rings. The van der Waals surface area contributed by atoms with Crippen LogP contribution in [0.25, 0.3) is 5.52 Å². The van der Waals surface area contributed by atoms with Crippen molar-refractivity contribution in [3.8, 4) is 0 Å². The summed E-state index contributed by atoms with van der Waals surface area (Å²) in [5.74, 6) is 0.868. The number of fused-ring (bicyclic) bond motifs is 1. The quantitative estimate of drug-likeness (QED) is 0.773. The van der Waals surface area contributed by atoms with Crippen molar-refractivity contribution in [1.82, 2.24) is 19.6 Å². The van der Waals surface area contributed by atoms with E-state index in [1.54, 1.807) is 12.4 Å². The molecule has 3 aromatic heterocycles. The summed E-state index contributed by atoms with van der Waals surface area (Å²) in [6.45, 7) is 2.80. The lowest BCUT2D eigenvalue weighted by atomic mass is 10.2. The number of pyridine rings is 1. The molecular weight excluding hydrogens is 238 g/mol. The van der Waals surface area contributed by atoms with E-state index < -0.39 is 0 Å². The molecule has 0 aliphatic heterocycles. The molecule has 3 heterocycles. The lowest BCUT2D eigenvalue weighted by Crippen LogP contribution is -2.07. The normalized spacial score (nSPS) is 10.8. The van der Waals surface area contributed by atoms with Crippen molar-refractivity contribution in [3.63, 3.8) is 0 Å². The number of aryl methyl sites for hydroxylation is 1. The van der Waals surface area contributed by atoms with Gasteiger partial charge >= 0.3 is 0 Å². The molecule has 0 bridgehead atoms. The highest BCUT2D eigenvalue weighted by Crippen LogP contribution is 2.14. The van der Waals surface area contributed by atoms with Crippen molar-refractivity contribution in [3.05, 3.63) is 54.2 Å². The van der Waals surface area contributed by atoms with Gasteiger partial charge in [-0.25, -0.2) is 9.50 Å². The summed E-state index contributed by atoms with van der Waals surface area (Å²) < 4.78 is 1.84. The number of nitrogens with zero attached hydrogens (tertiary/aromatic N) is 4. The van der Waals surface area contributed by atoms with Crippen LogP contribution in [0.2, 0.25) is 0 Å². The Morgan fingerprint density at radius 2 is 2.26 bits per heavy atom. The van der Waals surface area contributed by atoms with E-state index in [2.05, 4.69) is 26.4 Å². The molecule has 0 saturated heterocycles. The molecule has 0 aliphatic carbocycles. The largest absolute Gasteiger partial charge is 0.368 e. The highest BCUT2D eigenvalue weighted by Gasteiger charge is 2.04. The first-order valence-corrected chi connectivity index (χ1v) is 6.27. The average molecular weight is 253 g/mol. The lowest BCUT2D eigenvalue weighted by molar-refractivity contribution is 0.916. The van der Waals surface area contributed by atoms with Crippen molar-refractivity contribution in [2.45, 2.75) is 13.3 Å². The first-order valence-electron chi connectivity index (χ1n) is 6.27. The van der Waals surface area contributed by atoms with Gasteiger partial charge in [-0.3, -0.25) is 4.98 Å². The molecule has 0 radical (unpaired) electrons. The summed E-state index contributed by atoms with van der Waals surface area (Å²) in [7, 11) is 0. The molecule has 0 spiro atoms. The Kier molecular flexibility index (Phi) is 3.10. The third-order valence-corrected chi connectivity index (χ3v) is 2.94. The molecule has 0 aromatic carbocycles. The fraction of sp³-hybridized carbons (Fsp3) is 0.214. The zero-order chi connectivity index (χ0) is 13.1. The third kappa shape index (κ3) is 2.54. The van der Waals surface area contributed by atoms with Crippen LogP contribution in [-0.2, 0) is 6.42 Å². The predicted molar refractivity (Wildman–Crippen MR) is 74.2 cm³/mol. The second kappa shape index (κ2) is 5.06. The van der Waals surface area contributed by atoms with Gasteiger partial charge in [-0.15, -0.1) is 0 Å². The Balaban J connectivity index is 1.72. The molecular formula is C14H15N5. The van der Waals surface area contributed by atoms with E-state index in [0.717, 1.165) is 30.0 Å². The standard InChI is InChI=1S/C14H15N5/c1-11-9-13-14(17-7-8-19(13)18-11)16-6-4-12-3-2-5-15-10-12/h2-3,5,7-10H,4,6H2,1H3,(H,16,17). The molecule has 1 N–H and O–H groups in total. The SMILES string of the molecule is Cc1cc2c(NCCc3cccnc3)nccn2n1. The van der Waals surface area contributed by atoms with Crippen LogP contribution in [0.1, 0.15) is 11.3 Å². The van der Waals surface area contributed by atoms with E-state index in [-0.39, 0.29) is 0 Å². The van der Waals surface area contributed by atoms with Gasteiger partial charge < -0.3 is 5.32 Å². The van der Waals surface area contributed by atoms with E-state index in [4.69, 9.17) is 0 Å². The van der Waals surface area contributed by atoms with Gasteiger partial charge in [0.2, 0.25) is 0 Å². The number of aromatic nitrogens is 4. The second-order valence-corrected chi connectivity index (χ2v) is 4.43. The fourth-order valence-corrected chi connectivity index (χ4v) is 2.05. The van der Waals surface area contributed by atoms with E-state index >= 15 is 0 Å². The highest BCUT2D eigenvalue weighted by molar-refractivity contribution is 5.67. The molecule has 0 amide bonds. The van der Waals surface area contributed by atoms with Crippen LogP contribution in [0.5, 0.6) is 0 Å². The summed E-state index contributed by atoms with van der Waals surface area (Å²) in [6.07, 6.45) is 8.21. The average Bonchev–Trinajstić information content (AvgIpc) is 2.81. The lowest BCUT2D eigenvalue weighted by Gasteiger charge is -2.06. The third-order valence-electron chi connectivity index (χ3n) is 2.94. The van der Waals surface area contributed by atoms with Crippen LogP contribution in [0, 0.1) is 6.92 Å². The van der Waals surface area contributed by atoms with Crippen LogP contribution < -0.4 is 5.32 Å². The van der Waals surface area contributed by atoms with Crippen LogP contribution in [0.4, 0.5) is 5.82 Å². The Hall–Kier alpha value is -2.43. The van der Waals surface area contributed by atoms with E-state index in [1.165, 1.54) is 5.56 Å². The smallest absolute Gasteiger partial charge is 0.152 e. The highest BCUT2D eigenvalue weighted by atomic mass is 15.2. The number of nitrogens with one attached hydrogen (secondary N) is 1. The van der Waals surface area contributed by atoms with Gasteiger partial charge in [-0.05, 0) is 31.0 Å². The molecule has 0 atom stereocenters. The predicted octanol–water partition coefficient (Wildman–Crippen LogP) is 2.09. The minimum Gasteiger partial charge on any atom is -0.368 e. The van der Waals surface area contributed by atoms with Gasteiger partial charge in [0.25, 0.3) is 0 Å². The monoisotopic (exact) mass is 253 g/mol. The maximum atomic E-state index is 4.37. The zero-order valence-electron chi connectivity index (χ0n) is 10.7. The van der Waals surface area contributed by atoms with Gasteiger partial charge in [0.1, 0.15) is 5.52 Å². The molecule has 3 aromatic rings. The molecule has 0 aliphatic rings. The van der Waals surface area contributed by atoms with Crippen LogP contribution in [0.15, 0.2) is 43.0 Å². The second-order valence-electron chi connectivity index (χ2n) is 4.43. The molecule has 5 heteroatoms. The summed E-state index contributed by atoms with van der Waals surface area (Å²) in [5, 5.41) is 7.72. The van der Waals surface area contributed by atoms with Gasteiger partial charge in [-0.1, -0.05) is 6.07 Å². The number of rotatable bonds is 4. The molecule has 5 nitrogen and oxygen atoms in total. The Morgan fingerprint density at radius 3 is 3.11 bits per heavy atom. The summed E-state index contributed by atoms with van der Waals surface area (Å²) in [5.41, 5.74) is 3.21. The van der Waals surface area contributed by atoms with Gasteiger partial charge in [0, 0.05) is 31.3 Å². The summed E-state index contributed by atoms with van der Waals surface area (Å²) in [6, 6.07) is 6.06. The van der Waals surface area contributed by atoms with Crippen molar-refractivity contribution < 1.29 is 0 Å². The minimum atomic E-state index is 0.822. The van der Waals surface area contributed by atoms with Crippen molar-refractivity contribution in [2.75, 3.05) is 11.9 Å². The Bertz CT molecular complexity index is 675. The van der Waals surface area contributed by atoms with Crippen molar-refractivity contribution >= 4 is 11.3 Å². The fourth-order valence-electron chi connectivity index (χ4n) is 2.05. The summed E-state index contributed by atoms with van der Waals surface area (Å²) >= 11 is 0. The van der Waals surface area contributed by atoms with Gasteiger partial charge in [0.15, 0.2) is 5.82 Å². The summed E-state index contributed by atoms with van der Waals surface area (Å²) in [4.78, 5) is 8.47. The van der Waals surface area contributed by atoms with Gasteiger partial charge in [-0.2, -0.15) is 5.10 Å². The van der Waals surface area contributed by atoms with Gasteiger partial charge in [0.05, 0.1) is 5.69 Å². The van der Waals surface area contributed by atoms with E-state index in [0.29, 0.717) is 0 Å². The minimum absolute atomic E-state index is 0.822. The molecule has 0 saturated carbocycles. The Morgan fingerprint density at radius 1 is 1.32 bits per heavy atom. The molecule has 19 heavy (non-hydrogen) atoms. The van der Waals surface area contributed by atoms with E-state index in [1.807, 2.05) is 36.0 Å². The van der Waals surface area contributed by atoms with Crippen LogP contribution in [-0.4, -0.2) is 26.1 Å². The van der Waals surface area contributed by atoms with Crippen molar-refractivity contribution in [1.29, 1.82) is 0 Å². The number of hydrogen-bond acceptors (Lipinski definition) is 4. The first kappa shape index (κ1) is 11.6. The number of hydrogen-bond donors (Lipinski definition) is 1. The molecule has 96 valence electrons. The Labute approximate surface area is 111 Å². The van der Waals surface area contributed by atoms with E-state index in [9.17, 15) is 0 Å². The van der Waals surface area contributed by atoms with Crippen LogP contribution >= 0.6 is 0 Å². The zero-order valence-corrected chi connectivity index (χ0v) is 10.7. The van der Waals surface area contributed by atoms with Crippen molar-refractivity contribution in [2.24, 2.45) is 0 Å². The maximum absolute atomic E-state index is 4.37. The first-order chi connectivity index (χ1) is 9.33. The molecule has 0 unspecified atom stereocenters. The van der Waals surface area contributed by atoms with Crippen LogP contribution in [0.3, 0.4) is 0 Å². The molecule has 3 rings (SSSR count). The maximum Gasteiger partial charge on any atom is 0.152 e.